The fourth-order valence-electron chi connectivity index (χ4n) is 1.56. The van der Waals surface area contributed by atoms with Crippen molar-refractivity contribution in [3.63, 3.8) is 0 Å². The summed E-state index contributed by atoms with van der Waals surface area (Å²) in [5.41, 5.74) is 6.04. The Kier molecular flexibility index (Phi) is 1.44. The molecule has 0 bridgehead atoms. The van der Waals surface area contributed by atoms with Crippen molar-refractivity contribution >= 4 is 5.78 Å². The molecule has 0 aromatic rings. The lowest BCUT2D eigenvalue weighted by atomic mass is 9.94. The summed E-state index contributed by atoms with van der Waals surface area (Å²) >= 11 is 0. The normalized spacial score (nSPS) is 39.8. The highest BCUT2D eigenvalue weighted by Gasteiger charge is 2.34. The third-order valence-electron chi connectivity index (χ3n) is 2.17. The molecule has 0 saturated carbocycles. The minimum Gasteiger partial charge on any atom is -0.308 e. The van der Waals surface area contributed by atoms with Crippen molar-refractivity contribution in [1.29, 1.82) is 0 Å². The fourth-order valence-corrected chi connectivity index (χ4v) is 1.56. The van der Waals surface area contributed by atoms with Crippen LogP contribution in [0.1, 0.15) is 0 Å². The monoisotopic (exact) mass is 141 g/mol. The molecule has 0 aromatic carbocycles. The van der Waals surface area contributed by atoms with Gasteiger partial charge in [-0.05, 0) is 0 Å². The van der Waals surface area contributed by atoms with Crippen LogP contribution in [-0.4, -0.2) is 31.5 Å². The molecule has 4 nitrogen and oxygen atoms in total. The number of piperidine rings is 1. The van der Waals surface area contributed by atoms with Crippen LogP contribution in [0.2, 0.25) is 0 Å². The number of hydrazine groups is 1. The summed E-state index contributed by atoms with van der Waals surface area (Å²) in [7, 11) is 0. The van der Waals surface area contributed by atoms with Crippen LogP contribution in [0.5, 0.6) is 0 Å². The van der Waals surface area contributed by atoms with Crippen molar-refractivity contribution < 1.29 is 4.79 Å². The number of ketones is 1. The predicted molar refractivity (Wildman–Crippen MR) is 36.3 cm³/mol. The highest BCUT2D eigenvalue weighted by atomic mass is 16.1. The molecule has 3 N–H and O–H groups in total. The summed E-state index contributed by atoms with van der Waals surface area (Å²) in [6, 6.07) is 0.321. The van der Waals surface area contributed by atoms with E-state index in [2.05, 4.69) is 16.2 Å². The van der Waals surface area contributed by atoms with Gasteiger partial charge in [0.15, 0.2) is 5.78 Å². The molecule has 0 spiro atoms. The molecule has 2 rings (SSSR count). The van der Waals surface area contributed by atoms with E-state index in [0.717, 1.165) is 13.1 Å². The Labute approximate surface area is 59.3 Å². The van der Waals surface area contributed by atoms with Crippen LogP contribution in [-0.2, 0) is 4.79 Å². The van der Waals surface area contributed by atoms with Crippen LogP contribution < -0.4 is 16.2 Å². The van der Waals surface area contributed by atoms with Gasteiger partial charge >= 0.3 is 0 Å². The van der Waals surface area contributed by atoms with Gasteiger partial charge in [-0.1, -0.05) is 0 Å². The van der Waals surface area contributed by atoms with Crippen LogP contribution in [0.25, 0.3) is 0 Å². The van der Waals surface area contributed by atoms with Gasteiger partial charge in [0.1, 0.15) is 0 Å². The second-order valence-corrected chi connectivity index (χ2v) is 2.84. The Morgan fingerprint density at radius 2 is 2.30 bits per heavy atom. The number of hydrogen-bond acceptors (Lipinski definition) is 4. The number of carbonyl (C=O) groups is 1. The smallest absolute Gasteiger partial charge is 0.152 e. The van der Waals surface area contributed by atoms with Crippen molar-refractivity contribution in [2.75, 3.05) is 19.6 Å². The average molecular weight is 141 g/mol. The van der Waals surface area contributed by atoms with Crippen molar-refractivity contribution in [2.45, 2.75) is 6.04 Å². The van der Waals surface area contributed by atoms with Gasteiger partial charge in [0.2, 0.25) is 0 Å². The summed E-state index contributed by atoms with van der Waals surface area (Å²) in [6.07, 6.45) is 0. The van der Waals surface area contributed by atoms with E-state index in [9.17, 15) is 4.79 Å². The molecule has 2 saturated heterocycles. The van der Waals surface area contributed by atoms with Crippen LogP contribution in [0.3, 0.4) is 0 Å². The third-order valence-corrected chi connectivity index (χ3v) is 2.17. The molecular weight excluding hydrogens is 130 g/mol. The average Bonchev–Trinajstić information content (AvgIpc) is 2.36. The highest BCUT2D eigenvalue weighted by Crippen LogP contribution is 2.10. The Bertz CT molecular complexity index is 159. The van der Waals surface area contributed by atoms with Crippen molar-refractivity contribution in [2.24, 2.45) is 5.92 Å². The van der Waals surface area contributed by atoms with Gasteiger partial charge in [-0.2, -0.15) is 0 Å². The first-order valence-corrected chi connectivity index (χ1v) is 3.60. The minimum absolute atomic E-state index is 0.209. The Hall–Kier alpha value is -0.450. The van der Waals surface area contributed by atoms with E-state index in [1.807, 2.05) is 0 Å². The second kappa shape index (κ2) is 2.30. The molecule has 0 radical (unpaired) electrons. The maximum absolute atomic E-state index is 11.1. The van der Waals surface area contributed by atoms with Crippen LogP contribution in [0.15, 0.2) is 0 Å². The number of carbonyl (C=O) groups excluding carboxylic acids is 1. The SMILES string of the molecule is O=C1CNCC2NNCC12. The molecule has 0 aromatic heterocycles. The molecule has 2 unspecified atom stereocenters. The zero-order valence-electron chi connectivity index (χ0n) is 5.68. The van der Waals surface area contributed by atoms with E-state index < -0.39 is 0 Å². The number of nitrogens with one attached hydrogen (secondary N) is 3. The summed E-state index contributed by atoms with van der Waals surface area (Å²) in [4.78, 5) is 11.1. The molecule has 2 aliphatic rings. The van der Waals surface area contributed by atoms with Crippen LogP contribution in [0.4, 0.5) is 0 Å². The molecule has 2 atom stereocenters. The van der Waals surface area contributed by atoms with Gasteiger partial charge in [0.05, 0.1) is 12.5 Å². The summed E-state index contributed by atoms with van der Waals surface area (Å²) in [5.74, 6) is 0.537. The predicted octanol–water partition coefficient (Wildman–Crippen LogP) is -1.75. The standard InChI is InChI=1S/C6H11N3O/c10-6-3-7-2-5-4(6)1-8-9-5/h4-5,7-9H,1-3H2. The topological polar surface area (TPSA) is 53.2 Å². The van der Waals surface area contributed by atoms with Gasteiger partial charge in [0.25, 0.3) is 0 Å². The molecule has 0 amide bonds. The number of fused-ring (bicyclic) bond motifs is 1. The summed E-state index contributed by atoms with van der Waals surface area (Å²) in [6.45, 7) is 2.25. The molecule has 2 aliphatic heterocycles. The lowest BCUT2D eigenvalue weighted by Crippen LogP contribution is -2.49. The van der Waals surface area contributed by atoms with Crippen molar-refractivity contribution in [1.82, 2.24) is 16.2 Å². The van der Waals surface area contributed by atoms with E-state index in [1.165, 1.54) is 0 Å². The Morgan fingerprint density at radius 1 is 1.40 bits per heavy atom. The maximum atomic E-state index is 11.1. The van der Waals surface area contributed by atoms with Gasteiger partial charge in [0, 0.05) is 19.1 Å². The van der Waals surface area contributed by atoms with Crippen LogP contribution >= 0.6 is 0 Å². The van der Waals surface area contributed by atoms with E-state index in [-0.39, 0.29) is 5.92 Å². The largest absolute Gasteiger partial charge is 0.308 e. The Balaban J connectivity index is 2.10. The van der Waals surface area contributed by atoms with E-state index >= 15 is 0 Å². The van der Waals surface area contributed by atoms with Gasteiger partial charge in [-0.3, -0.25) is 15.6 Å². The quantitative estimate of drug-likeness (QED) is 0.374. The van der Waals surface area contributed by atoms with Gasteiger partial charge < -0.3 is 5.32 Å². The van der Waals surface area contributed by atoms with E-state index in [1.54, 1.807) is 0 Å². The lowest BCUT2D eigenvalue weighted by molar-refractivity contribution is -0.123. The Morgan fingerprint density at radius 3 is 3.10 bits per heavy atom. The molecule has 2 fully saturated rings. The minimum atomic E-state index is 0.209. The lowest BCUT2D eigenvalue weighted by Gasteiger charge is -2.22. The molecule has 0 aliphatic carbocycles. The van der Waals surface area contributed by atoms with Gasteiger partial charge in [-0.15, -0.1) is 0 Å². The maximum Gasteiger partial charge on any atom is 0.152 e. The molecular formula is C6H11N3O. The van der Waals surface area contributed by atoms with Crippen molar-refractivity contribution in [3.8, 4) is 0 Å². The first-order chi connectivity index (χ1) is 4.88. The van der Waals surface area contributed by atoms with Crippen molar-refractivity contribution in [3.05, 3.63) is 0 Å². The zero-order valence-corrected chi connectivity index (χ0v) is 5.68. The number of hydrogen-bond donors (Lipinski definition) is 3. The number of Topliss-reactive ketones (excluding diaryl/α,β-unsaturated/α-hetero) is 1. The second-order valence-electron chi connectivity index (χ2n) is 2.84. The first-order valence-electron chi connectivity index (χ1n) is 3.60. The fraction of sp³-hybridized carbons (Fsp3) is 0.833. The van der Waals surface area contributed by atoms with E-state index in [0.29, 0.717) is 18.4 Å². The van der Waals surface area contributed by atoms with Gasteiger partial charge in [-0.25, -0.2) is 0 Å². The van der Waals surface area contributed by atoms with Crippen LogP contribution in [0, 0.1) is 5.92 Å². The zero-order chi connectivity index (χ0) is 6.97. The van der Waals surface area contributed by atoms with E-state index in [4.69, 9.17) is 0 Å². The summed E-state index contributed by atoms with van der Waals surface area (Å²) in [5, 5.41) is 3.05. The molecule has 56 valence electrons. The highest BCUT2D eigenvalue weighted by molar-refractivity contribution is 5.85. The molecule has 10 heavy (non-hydrogen) atoms. The summed E-state index contributed by atoms with van der Waals surface area (Å²) < 4.78 is 0. The number of rotatable bonds is 0. The third kappa shape index (κ3) is 0.847. The molecule has 4 heteroatoms. The first kappa shape index (κ1) is 6.27. The molecule has 2 heterocycles.